The van der Waals surface area contributed by atoms with Crippen LogP contribution in [0, 0.1) is 45.3 Å². The Balaban J connectivity index is 2.26. The third kappa shape index (κ3) is 0.647. The molecule has 0 saturated heterocycles. The van der Waals surface area contributed by atoms with E-state index >= 15 is 0 Å². The van der Waals surface area contributed by atoms with Gasteiger partial charge >= 0.3 is 0 Å². The molecule has 0 amide bonds. The molecule has 0 N–H and O–H groups in total. The lowest BCUT2D eigenvalue weighted by atomic mass is 9.79. The average molecular weight is 261 g/mol. The van der Waals surface area contributed by atoms with Crippen molar-refractivity contribution in [1.29, 1.82) is 10.5 Å². The average Bonchev–Trinajstić information content (AvgIpc) is 2.73. The summed E-state index contributed by atoms with van der Waals surface area (Å²) < 4.78 is 0.992. The molecule has 3 heteroatoms. The summed E-state index contributed by atoms with van der Waals surface area (Å²) in [5, 5.41) is 18.2. The van der Waals surface area contributed by atoms with Crippen molar-refractivity contribution in [3.63, 3.8) is 0 Å². The third-order valence-electron chi connectivity index (χ3n) is 4.67. The maximum atomic E-state index is 9.14. The molecule has 3 aliphatic rings. The van der Waals surface area contributed by atoms with Crippen molar-refractivity contribution in [2.24, 2.45) is 22.7 Å². The zero-order valence-electron chi connectivity index (χ0n) is 8.50. The van der Waals surface area contributed by atoms with Gasteiger partial charge in [0, 0.05) is 32.9 Å². The minimum atomic E-state index is -0.127. The second kappa shape index (κ2) is 2.20. The molecule has 0 aromatic rings. The van der Waals surface area contributed by atoms with Crippen molar-refractivity contribution in [1.82, 2.24) is 0 Å². The van der Waals surface area contributed by atoms with Crippen LogP contribution in [0.25, 0.3) is 0 Å². The fraction of sp³-hybridized carbons (Fsp3) is 0.500. The van der Waals surface area contributed by atoms with E-state index < -0.39 is 0 Å². The normalized spacial score (nSPS) is 49.5. The molecule has 0 aromatic carbocycles. The standard InChI is InChI=1S/C12H9BrN2/c1-11-3-6(4-14)8-9(12(8,11)2)7(5-15)10(11)13/h3,8-9H,1-2H3. The van der Waals surface area contributed by atoms with Crippen molar-refractivity contribution in [3.8, 4) is 12.1 Å². The molecule has 0 aromatic heterocycles. The molecular weight excluding hydrogens is 252 g/mol. The Morgan fingerprint density at radius 2 is 1.93 bits per heavy atom. The van der Waals surface area contributed by atoms with Gasteiger partial charge in [0.25, 0.3) is 0 Å². The first-order valence-corrected chi connectivity index (χ1v) is 5.74. The smallest absolute Gasteiger partial charge is 0.0959 e. The monoisotopic (exact) mass is 260 g/mol. The summed E-state index contributed by atoms with van der Waals surface area (Å²) in [5.41, 5.74) is 1.68. The first-order valence-electron chi connectivity index (χ1n) is 4.95. The molecule has 0 aliphatic heterocycles. The summed E-state index contributed by atoms with van der Waals surface area (Å²) >= 11 is 3.54. The van der Waals surface area contributed by atoms with Crippen LogP contribution in [-0.2, 0) is 0 Å². The maximum Gasteiger partial charge on any atom is 0.0959 e. The van der Waals surface area contributed by atoms with E-state index in [2.05, 4.69) is 41.9 Å². The van der Waals surface area contributed by atoms with Gasteiger partial charge in [-0.05, 0) is 5.41 Å². The Morgan fingerprint density at radius 1 is 1.27 bits per heavy atom. The summed E-state index contributed by atoms with van der Waals surface area (Å²) in [5.74, 6) is 0.574. The molecule has 1 saturated carbocycles. The number of fused-ring (bicyclic) bond motifs is 1. The highest BCUT2D eigenvalue weighted by atomic mass is 79.9. The van der Waals surface area contributed by atoms with Gasteiger partial charge in [-0.15, -0.1) is 0 Å². The zero-order valence-corrected chi connectivity index (χ0v) is 10.1. The van der Waals surface area contributed by atoms with Gasteiger partial charge < -0.3 is 0 Å². The minimum Gasteiger partial charge on any atom is -0.193 e. The second-order valence-corrected chi connectivity index (χ2v) is 5.78. The van der Waals surface area contributed by atoms with Gasteiger partial charge in [-0.3, -0.25) is 0 Å². The molecule has 15 heavy (non-hydrogen) atoms. The van der Waals surface area contributed by atoms with Crippen molar-refractivity contribution < 1.29 is 0 Å². The molecule has 0 radical (unpaired) electrons. The quantitative estimate of drug-likeness (QED) is 0.673. The van der Waals surface area contributed by atoms with E-state index in [0.29, 0.717) is 5.92 Å². The zero-order chi connectivity index (χ0) is 11.0. The van der Waals surface area contributed by atoms with E-state index in [1.54, 1.807) is 0 Å². The summed E-state index contributed by atoms with van der Waals surface area (Å²) in [7, 11) is 0. The predicted octanol–water partition coefficient (Wildman–Crippen LogP) is 2.89. The van der Waals surface area contributed by atoms with Crippen LogP contribution in [-0.4, -0.2) is 0 Å². The van der Waals surface area contributed by atoms with Gasteiger partial charge in [0.05, 0.1) is 12.1 Å². The van der Waals surface area contributed by atoms with E-state index in [0.717, 1.165) is 15.6 Å². The molecule has 0 spiro atoms. The first kappa shape index (κ1) is 9.19. The van der Waals surface area contributed by atoms with Gasteiger partial charge in [0.15, 0.2) is 0 Å². The number of allylic oxidation sites excluding steroid dienone is 4. The van der Waals surface area contributed by atoms with Crippen LogP contribution in [0.15, 0.2) is 21.7 Å². The largest absolute Gasteiger partial charge is 0.193 e. The number of nitriles is 2. The predicted molar refractivity (Wildman–Crippen MR) is 58.5 cm³/mol. The van der Waals surface area contributed by atoms with Crippen molar-refractivity contribution >= 4 is 15.9 Å². The van der Waals surface area contributed by atoms with Crippen LogP contribution >= 0.6 is 15.9 Å². The third-order valence-corrected chi connectivity index (χ3v) is 5.92. The lowest BCUT2D eigenvalue weighted by Crippen LogP contribution is -2.21. The number of hydrogen-bond donors (Lipinski definition) is 0. The van der Waals surface area contributed by atoms with E-state index in [-0.39, 0.29) is 16.7 Å². The summed E-state index contributed by atoms with van der Waals surface area (Å²) in [6, 6.07) is 4.57. The van der Waals surface area contributed by atoms with Crippen LogP contribution in [0.5, 0.6) is 0 Å². The Morgan fingerprint density at radius 3 is 2.40 bits per heavy atom. The Bertz CT molecular complexity index is 531. The molecule has 1 fully saturated rings. The van der Waals surface area contributed by atoms with E-state index in [1.807, 2.05) is 6.08 Å². The fourth-order valence-corrected chi connectivity index (χ4v) is 4.50. The van der Waals surface area contributed by atoms with Crippen LogP contribution in [0.4, 0.5) is 0 Å². The Labute approximate surface area is 97.0 Å². The summed E-state index contributed by atoms with van der Waals surface area (Å²) in [6.07, 6.45) is 2.04. The van der Waals surface area contributed by atoms with Crippen molar-refractivity contribution in [2.75, 3.05) is 0 Å². The number of rotatable bonds is 0. The lowest BCUT2D eigenvalue weighted by Gasteiger charge is -2.27. The molecule has 0 heterocycles. The Hall–Kier alpha value is -1.06. The Kier molecular flexibility index (Phi) is 1.35. The lowest BCUT2D eigenvalue weighted by molar-refractivity contribution is 0.329. The topological polar surface area (TPSA) is 47.6 Å². The van der Waals surface area contributed by atoms with Gasteiger partial charge in [-0.1, -0.05) is 35.9 Å². The fourth-order valence-electron chi connectivity index (χ4n) is 3.62. The van der Waals surface area contributed by atoms with Crippen LogP contribution in [0.3, 0.4) is 0 Å². The highest BCUT2D eigenvalue weighted by Crippen LogP contribution is 2.83. The molecule has 3 aliphatic carbocycles. The highest BCUT2D eigenvalue weighted by molar-refractivity contribution is 9.11. The molecule has 4 unspecified atom stereocenters. The van der Waals surface area contributed by atoms with E-state index in [9.17, 15) is 0 Å². The summed E-state index contributed by atoms with van der Waals surface area (Å²) in [4.78, 5) is 0. The van der Waals surface area contributed by atoms with Crippen molar-refractivity contribution in [3.05, 3.63) is 21.7 Å². The number of halogens is 1. The highest BCUT2D eigenvalue weighted by Gasteiger charge is 2.79. The second-order valence-electron chi connectivity index (χ2n) is 4.99. The van der Waals surface area contributed by atoms with Crippen molar-refractivity contribution in [2.45, 2.75) is 13.8 Å². The van der Waals surface area contributed by atoms with Crippen LogP contribution in [0.1, 0.15) is 13.8 Å². The number of nitrogens with zero attached hydrogens (tertiary/aromatic N) is 2. The number of hydrogen-bond acceptors (Lipinski definition) is 2. The summed E-state index contributed by atoms with van der Waals surface area (Å²) in [6.45, 7) is 4.31. The SMILES string of the molecule is CC12C=C(C#N)C3C(C(C#N)=C1Br)C32C. The molecule has 74 valence electrons. The van der Waals surface area contributed by atoms with Gasteiger partial charge in [0.1, 0.15) is 0 Å². The van der Waals surface area contributed by atoms with Crippen LogP contribution < -0.4 is 0 Å². The first-order chi connectivity index (χ1) is 7.02. The molecule has 3 rings (SSSR count). The molecular formula is C12H9BrN2. The minimum absolute atomic E-state index is 0.0853. The van der Waals surface area contributed by atoms with Crippen LogP contribution in [0.2, 0.25) is 0 Å². The van der Waals surface area contributed by atoms with Gasteiger partial charge in [-0.25, -0.2) is 0 Å². The van der Waals surface area contributed by atoms with E-state index in [4.69, 9.17) is 10.5 Å². The van der Waals surface area contributed by atoms with E-state index in [1.165, 1.54) is 0 Å². The van der Waals surface area contributed by atoms with Gasteiger partial charge in [-0.2, -0.15) is 10.5 Å². The molecule has 0 bridgehead atoms. The molecule has 4 atom stereocenters. The van der Waals surface area contributed by atoms with Gasteiger partial charge in [0.2, 0.25) is 0 Å². The molecule has 2 nitrogen and oxygen atoms in total. The maximum absolute atomic E-state index is 9.14.